The molecule has 0 aliphatic carbocycles. The predicted molar refractivity (Wildman–Crippen MR) is 57.5 cm³/mol. The average molecular weight is 201 g/mol. The Labute approximate surface area is 84.5 Å². The van der Waals surface area contributed by atoms with E-state index in [9.17, 15) is 0 Å². The van der Waals surface area contributed by atoms with Crippen LogP contribution >= 0.6 is 11.3 Å². The van der Waals surface area contributed by atoms with E-state index in [1.165, 1.54) is 10.1 Å². The van der Waals surface area contributed by atoms with E-state index >= 15 is 0 Å². The summed E-state index contributed by atoms with van der Waals surface area (Å²) in [5.41, 5.74) is 0. The van der Waals surface area contributed by atoms with Crippen LogP contribution in [0.25, 0.3) is 20.3 Å². The fourth-order valence-electron chi connectivity index (χ4n) is 1.50. The van der Waals surface area contributed by atoms with Crippen LogP contribution in [0.3, 0.4) is 0 Å². The molecule has 3 rings (SSSR count). The van der Waals surface area contributed by atoms with Gasteiger partial charge in [0.1, 0.15) is 10.7 Å². The molecule has 3 heterocycles. The SMILES string of the molecule is Cc1ncc2c(n1)sc1cnccc12. The predicted octanol–water partition coefficient (Wildman–Crippen LogP) is 2.55. The molecule has 14 heavy (non-hydrogen) atoms. The molecule has 4 heteroatoms. The number of hydrogen-bond donors (Lipinski definition) is 0. The molecule has 0 saturated heterocycles. The molecule has 0 bridgehead atoms. The number of aryl methyl sites for hydroxylation is 1. The van der Waals surface area contributed by atoms with E-state index in [2.05, 4.69) is 15.0 Å². The van der Waals surface area contributed by atoms with E-state index in [0.717, 1.165) is 16.0 Å². The van der Waals surface area contributed by atoms with Crippen molar-refractivity contribution in [1.29, 1.82) is 0 Å². The third-order valence-corrected chi connectivity index (χ3v) is 3.21. The number of pyridine rings is 1. The van der Waals surface area contributed by atoms with Crippen LogP contribution in [0.4, 0.5) is 0 Å². The second kappa shape index (κ2) is 2.72. The highest BCUT2D eigenvalue weighted by atomic mass is 32.1. The van der Waals surface area contributed by atoms with E-state index in [1.807, 2.05) is 25.4 Å². The maximum atomic E-state index is 4.39. The monoisotopic (exact) mass is 201 g/mol. The average Bonchev–Trinajstić information content (AvgIpc) is 2.54. The minimum Gasteiger partial charge on any atom is -0.263 e. The molecule has 3 aromatic rings. The van der Waals surface area contributed by atoms with Gasteiger partial charge in [-0.1, -0.05) is 0 Å². The van der Waals surface area contributed by atoms with Crippen molar-refractivity contribution in [2.24, 2.45) is 0 Å². The Morgan fingerprint density at radius 2 is 2.14 bits per heavy atom. The first kappa shape index (κ1) is 7.82. The van der Waals surface area contributed by atoms with Gasteiger partial charge < -0.3 is 0 Å². The lowest BCUT2D eigenvalue weighted by atomic mass is 10.2. The van der Waals surface area contributed by atoms with Crippen molar-refractivity contribution in [2.45, 2.75) is 6.92 Å². The van der Waals surface area contributed by atoms with Gasteiger partial charge in [-0.25, -0.2) is 9.97 Å². The molecular weight excluding hydrogens is 194 g/mol. The molecule has 0 spiro atoms. The van der Waals surface area contributed by atoms with Crippen LogP contribution in [0, 0.1) is 6.92 Å². The lowest BCUT2D eigenvalue weighted by molar-refractivity contribution is 1.10. The van der Waals surface area contributed by atoms with E-state index < -0.39 is 0 Å². The Morgan fingerprint density at radius 3 is 3.07 bits per heavy atom. The Hall–Kier alpha value is -1.55. The lowest BCUT2D eigenvalue weighted by Crippen LogP contribution is -1.83. The summed E-state index contributed by atoms with van der Waals surface area (Å²) in [6.45, 7) is 1.90. The summed E-state index contributed by atoms with van der Waals surface area (Å²) in [6.07, 6.45) is 5.56. The summed E-state index contributed by atoms with van der Waals surface area (Å²) in [4.78, 5) is 13.7. The number of nitrogens with zero attached hydrogens (tertiary/aromatic N) is 3. The molecule has 0 N–H and O–H groups in total. The number of fused-ring (bicyclic) bond motifs is 3. The van der Waals surface area contributed by atoms with E-state index in [0.29, 0.717) is 0 Å². The van der Waals surface area contributed by atoms with Gasteiger partial charge in [0.25, 0.3) is 0 Å². The third kappa shape index (κ3) is 1.01. The highest BCUT2D eigenvalue weighted by Crippen LogP contribution is 2.30. The summed E-state index contributed by atoms with van der Waals surface area (Å²) >= 11 is 1.66. The molecule has 3 nitrogen and oxygen atoms in total. The molecule has 0 fully saturated rings. The molecule has 0 amide bonds. The highest BCUT2D eigenvalue weighted by molar-refractivity contribution is 7.25. The van der Waals surface area contributed by atoms with Gasteiger partial charge in [0.15, 0.2) is 0 Å². The molecule has 0 aliphatic heterocycles. The summed E-state index contributed by atoms with van der Waals surface area (Å²) in [5.74, 6) is 0.817. The molecule has 3 aromatic heterocycles. The Balaban J connectivity index is 2.57. The first-order valence-corrected chi connectivity index (χ1v) is 5.12. The Morgan fingerprint density at radius 1 is 1.21 bits per heavy atom. The van der Waals surface area contributed by atoms with E-state index in [1.54, 1.807) is 17.5 Å². The van der Waals surface area contributed by atoms with Crippen molar-refractivity contribution < 1.29 is 0 Å². The summed E-state index contributed by atoms with van der Waals surface area (Å²) < 4.78 is 1.17. The molecule has 0 saturated carbocycles. The molecule has 0 aromatic carbocycles. The smallest absolute Gasteiger partial charge is 0.128 e. The van der Waals surface area contributed by atoms with Gasteiger partial charge in [0.2, 0.25) is 0 Å². The summed E-state index contributed by atoms with van der Waals surface area (Å²) in [5, 5.41) is 2.32. The number of hydrogen-bond acceptors (Lipinski definition) is 4. The normalized spacial score (nSPS) is 11.2. The minimum absolute atomic E-state index is 0.817. The fraction of sp³-hybridized carbons (Fsp3) is 0.100. The summed E-state index contributed by atoms with van der Waals surface area (Å²) in [6, 6.07) is 2.01. The molecule has 0 radical (unpaired) electrons. The zero-order valence-electron chi connectivity index (χ0n) is 7.56. The van der Waals surface area contributed by atoms with Crippen LogP contribution in [0.5, 0.6) is 0 Å². The van der Waals surface area contributed by atoms with Crippen molar-refractivity contribution in [3.05, 3.63) is 30.5 Å². The van der Waals surface area contributed by atoms with Crippen molar-refractivity contribution in [3.63, 3.8) is 0 Å². The standard InChI is InChI=1S/C10H7N3S/c1-6-12-4-8-7-2-3-11-5-9(7)14-10(8)13-6/h2-5H,1H3. The van der Waals surface area contributed by atoms with Crippen molar-refractivity contribution in [1.82, 2.24) is 15.0 Å². The van der Waals surface area contributed by atoms with Gasteiger partial charge in [-0.15, -0.1) is 11.3 Å². The number of thiophene rings is 1. The van der Waals surface area contributed by atoms with Crippen LogP contribution in [0.15, 0.2) is 24.7 Å². The topological polar surface area (TPSA) is 38.7 Å². The third-order valence-electron chi connectivity index (χ3n) is 2.16. The minimum atomic E-state index is 0.817. The second-order valence-electron chi connectivity index (χ2n) is 3.11. The Bertz CT molecular complexity index is 615. The van der Waals surface area contributed by atoms with Crippen molar-refractivity contribution >= 4 is 31.6 Å². The van der Waals surface area contributed by atoms with Crippen molar-refractivity contribution in [2.75, 3.05) is 0 Å². The highest BCUT2D eigenvalue weighted by Gasteiger charge is 2.05. The number of rotatable bonds is 0. The van der Waals surface area contributed by atoms with Crippen LogP contribution < -0.4 is 0 Å². The molecule has 68 valence electrons. The largest absolute Gasteiger partial charge is 0.263 e. The van der Waals surface area contributed by atoms with Crippen LogP contribution in [-0.4, -0.2) is 15.0 Å². The van der Waals surface area contributed by atoms with Gasteiger partial charge in [-0.3, -0.25) is 4.98 Å². The second-order valence-corrected chi connectivity index (χ2v) is 4.14. The molecule has 0 unspecified atom stereocenters. The first-order valence-electron chi connectivity index (χ1n) is 4.30. The molecular formula is C10H7N3S. The van der Waals surface area contributed by atoms with Gasteiger partial charge in [-0.05, 0) is 13.0 Å². The van der Waals surface area contributed by atoms with E-state index in [-0.39, 0.29) is 0 Å². The van der Waals surface area contributed by atoms with Gasteiger partial charge in [-0.2, -0.15) is 0 Å². The molecule has 0 atom stereocenters. The molecule has 0 aliphatic rings. The lowest BCUT2D eigenvalue weighted by Gasteiger charge is -1.90. The van der Waals surface area contributed by atoms with Gasteiger partial charge in [0, 0.05) is 29.4 Å². The number of aromatic nitrogens is 3. The van der Waals surface area contributed by atoms with Crippen molar-refractivity contribution in [3.8, 4) is 0 Å². The van der Waals surface area contributed by atoms with Crippen LogP contribution in [-0.2, 0) is 0 Å². The zero-order valence-corrected chi connectivity index (χ0v) is 8.38. The van der Waals surface area contributed by atoms with Gasteiger partial charge >= 0.3 is 0 Å². The van der Waals surface area contributed by atoms with E-state index in [4.69, 9.17) is 0 Å². The first-order chi connectivity index (χ1) is 6.84. The summed E-state index contributed by atoms with van der Waals surface area (Å²) in [7, 11) is 0. The fourth-order valence-corrected chi connectivity index (χ4v) is 2.56. The maximum Gasteiger partial charge on any atom is 0.128 e. The quantitative estimate of drug-likeness (QED) is 0.561. The van der Waals surface area contributed by atoms with Crippen LogP contribution in [0.2, 0.25) is 0 Å². The Kier molecular flexibility index (Phi) is 1.52. The maximum absolute atomic E-state index is 4.39. The van der Waals surface area contributed by atoms with Crippen LogP contribution in [0.1, 0.15) is 5.82 Å². The van der Waals surface area contributed by atoms with Gasteiger partial charge in [0.05, 0.1) is 4.70 Å². The zero-order chi connectivity index (χ0) is 9.54.